The minimum Gasteiger partial charge on any atom is -0.480 e. The van der Waals surface area contributed by atoms with E-state index >= 15 is 4.39 Å². The number of nitrogens with one attached hydrogen (secondary N) is 2. The molecule has 1 fully saturated rings. The Hall–Kier alpha value is -4.46. The number of carbonyl (C=O) groups excluding carboxylic acids is 2. The van der Waals surface area contributed by atoms with Crippen molar-refractivity contribution in [2.24, 2.45) is 0 Å². The van der Waals surface area contributed by atoms with E-state index in [9.17, 15) is 22.8 Å². The molecule has 5 rings (SSSR count). The lowest BCUT2D eigenvalue weighted by molar-refractivity contribution is -0.189. The van der Waals surface area contributed by atoms with Crippen LogP contribution in [-0.4, -0.2) is 61.6 Å². The molecule has 2 heterocycles. The molecule has 0 bridgehead atoms. The summed E-state index contributed by atoms with van der Waals surface area (Å²) in [6, 6.07) is 22.2. The highest BCUT2D eigenvalue weighted by Crippen LogP contribution is 2.38. The Balaban J connectivity index is 1.42. The van der Waals surface area contributed by atoms with Crippen molar-refractivity contribution in [1.82, 2.24) is 9.88 Å². The molecule has 52 heavy (non-hydrogen) atoms. The van der Waals surface area contributed by atoms with Crippen LogP contribution < -0.4 is 25.7 Å². The minimum absolute atomic E-state index is 0.0667. The molecule has 1 saturated heterocycles. The molecule has 2 atom stereocenters. The molecule has 0 radical (unpaired) electrons. The van der Waals surface area contributed by atoms with Crippen LogP contribution in [0.25, 0.3) is 0 Å². The van der Waals surface area contributed by atoms with E-state index in [1.165, 1.54) is 6.20 Å². The van der Waals surface area contributed by atoms with E-state index in [0.29, 0.717) is 24.9 Å². The van der Waals surface area contributed by atoms with Gasteiger partial charge in [0.2, 0.25) is 0 Å². The molecule has 1 aromatic heterocycles. The molecule has 1 aliphatic rings. The SMILES string of the molecule is Cc1ccnc(Cl)c1NC(=O)c1cc(F)c(NC(=O)N2CCCC2CO[Si](c2ccccc2)(c2ccccc2)C(C)(C)C)cc1OC(C)C(F)(F)F. The summed E-state index contributed by atoms with van der Waals surface area (Å²) < 4.78 is 68.7. The smallest absolute Gasteiger partial charge is 0.425 e. The number of anilines is 2. The van der Waals surface area contributed by atoms with Gasteiger partial charge >= 0.3 is 12.2 Å². The molecule has 2 N–H and O–H groups in total. The predicted molar refractivity (Wildman–Crippen MR) is 197 cm³/mol. The van der Waals surface area contributed by atoms with Crippen molar-refractivity contribution in [3.8, 4) is 5.75 Å². The predicted octanol–water partition coefficient (Wildman–Crippen LogP) is 8.34. The van der Waals surface area contributed by atoms with Crippen LogP contribution >= 0.6 is 11.6 Å². The fourth-order valence-corrected chi connectivity index (χ4v) is 11.3. The van der Waals surface area contributed by atoms with Gasteiger partial charge in [0, 0.05) is 18.8 Å². The number of benzene rings is 3. The fraction of sp³-hybridized carbons (Fsp3) is 0.342. The van der Waals surface area contributed by atoms with Crippen LogP contribution in [0.2, 0.25) is 10.2 Å². The van der Waals surface area contributed by atoms with Gasteiger partial charge in [0.05, 0.1) is 29.6 Å². The first kappa shape index (κ1) is 38.8. The molecule has 276 valence electrons. The number of hydrogen-bond acceptors (Lipinski definition) is 5. The van der Waals surface area contributed by atoms with E-state index in [2.05, 4.69) is 60.7 Å². The molecule has 0 aliphatic carbocycles. The van der Waals surface area contributed by atoms with Crippen molar-refractivity contribution in [1.29, 1.82) is 0 Å². The second-order valence-electron chi connectivity index (χ2n) is 13.8. The first-order valence-electron chi connectivity index (χ1n) is 16.8. The lowest BCUT2D eigenvalue weighted by Gasteiger charge is -2.44. The summed E-state index contributed by atoms with van der Waals surface area (Å²) in [5, 5.41) is 6.77. The summed E-state index contributed by atoms with van der Waals surface area (Å²) in [7, 11) is -2.93. The Bertz CT molecular complexity index is 1830. The number of aryl methyl sites for hydroxylation is 1. The van der Waals surface area contributed by atoms with E-state index in [-0.39, 0.29) is 28.5 Å². The summed E-state index contributed by atoms with van der Waals surface area (Å²) >= 11 is 6.13. The maximum absolute atomic E-state index is 15.7. The lowest BCUT2D eigenvalue weighted by Crippen LogP contribution is -2.67. The van der Waals surface area contributed by atoms with Gasteiger partial charge in [0.1, 0.15) is 11.6 Å². The van der Waals surface area contributed by atoms with Crippen LogP contribution in [0.4, 0.5) is 33.7 Å². The van der Waals surface area contributed by atoms with Gasteiger partial charge in [-0.1, -0.05) is 93.0 Å². The average Bonchev–Trinajstić information content (AvgIpc) is 3.57. The summed E-state index contributed by atoms with van der Waals surface area (Å²) in [6.07, 6.45) is -4.46. The first-order valence-corrected chi connectivity index (χ1v) is 19.1. The molecule has 4 aromatic rings. The van der Waals surface area contributed by atoms with Crippen molar-refractivity contribution in [2.75, 3.05) is 23.8 Å². The zero-order valence-electron chi connectivity index (χ0n) is 29.5. The van der Waals surface area contributed by atoms with E-state index in [4.69, 9.17) is 20.8 Å². The largest absolute Gasteiger partial charge is 0.480 e. The number of amides is 3. The van der Waals surface area contributed by atoms with E-state index in [0.717, 1.165) is 29.4 Å². The fourth-order valence-electron chi connectivity index (χ4n) is 6.48. The number of alkyl halides is 3. The number of likely N-dealkylation sites (tertiary alicyclic amines) is 1. The maximum Gasteiger partial charge on any atom is 0.425 e. The number of rotatable bonds is 10. The first-order chi connectivity index (χ1) is 24.5. The quantitative estimate of drug-likeness (QED) is 0.0965. The molecule has 3 aromatic carbocycles. The monoisotopic (exact) mass is 756 g/mol. The van der Waals surface area contributed by atoms with Gasteiger partial charge in [0.25, 0.3) is 14.2 Å². The van der Waals surface area contributed by atoms with Crippen molar-refractivity contribution in [3.05, 3.63) is 107 Å². The Labute approximate surface area is 306 Å². The number of carbonyl (C=O) groups is 2. The van der Waals surface area contributed by atoms with Gasteiger partial charge in [-0.05, 0) is 59.8 Å². The molecular weight excluding hydrogens is 716 g/mol. The zero-order valence-corrected chi connectivity index (χ0v) is 31.2. The van der Waals surface area contributed by atoms with Gasteiger partial charge in [-0.15, -0.1) is 0 Å². The van der Waals surface area contributed by atoms with Crippen molar-refractivity contribution in [3.63, 3.8) is 0 Å². The van der Waals surface area contributed by atoms with Crippen LogP contribution in [0, 0.1) is 12.7 Å². The third-order valence-corrected chi connectivity index (χ3v) is 14.5. The molecular formula is C38H41ClF4N4O4Si. The summed E-state index contributed by atoms with van der Waals surface area (Å²) in [5.41, 5.74) is -0.381. The molecule has 2 unspecified atom stereocenters. The molecule has 8 nitrogen and oxygen atoms in total. The molecule has 3 amide bonds. The Kier molecular flexibility index (Phi) is 11.7. The van der Waals surface area contributed by atoms with Crippen LogP contribution in [0.5, 0.6) is 5.75 Å². The van der Waals surface area contributed by atoms with Crippen molar-refractivity contribution < 1.29 is 36.3 Å². The number of halogens is 5. The van der Waals surface area contributed by atoms with E-state index < -0.39 is 55.4 Å². The topological polar surface area (TPSA) is 92.8 Å². The van der Waals surface area contributed by atoms with Crippen LogP contribution in [0.1, 0.15) is 56.5 Å². The second-order valence-corrected chi connectivity index (χ2v) is 18.4. The number of aromatic nitrogens is 1. The number of urea groups is 1. The number of nitrogens with zero attached hydrogens (tertiary/aromatic N) is 2. The zero-order chi connectivity index (χ0) is 37.8. The van der Waals surface area contributed by atoms with Gasteiger partial charge in [-0.2, -0.15) is 13.2 Å². The molecule has 0 saturated carbocycles. The highest BCUT2D eigenvalue weighted by atomic mass is 35.5. The Morgan fingerprint density at radius 1 is 1.00 bits per heavy atom. The summed E-state index contributed by atoms with van der Waals surface area (Å²) in [6.45, 7) is 9.39. The lowest BCUT2D eigenvalue weighted by atomic mass is 10.1. The molecule has 0 spiro atoms. The van der Waals surface area contributed by atoms with Crippen LogP contribution in [0.15, 0.2) is 85.1 Å². The number of hydrogen-bond donors (Lipinski definition) is 2. The summed E-state index contributed by atoms with van der Waals surface area (Å²) in [4.78, 5) is 32.5. The molecule has 1 aliphatic heterocycles. The minimum atomic E-state index is -4.80. The van der Waals surface area contributed by atoms with E-state index in [1.54, 1.807) is 17.9 Å². The van der Waals surface area contributed by atoms with E-state index in [1.807, 2.05) is 36.4 Å². The number of pyridine rings is 1. The highest BCUT2D eigenvalue weighted by Gasteiger charge is 2.51. The highest BCUT2D eigenvalue weighted by molar-refractivity contribution is 6.99. The van der Waals surface area contributed by atoms with Gasteiger partial charge < -0.3 is 24.7 Å². The standard InChI is InChI=1S/C38H41ClF4N4O4Si/c1-24-18-19-44-34(39)33(24)46-35(48)29-21-30(40)31(22-32(29)51-25(2)38(41,42)43)45-36(49)47-20-12-13-26(47)23-50-52(37(3,4)5,27-14-8-6-9-15-27)28-16-10-7-11-17-28/h6-11,14-19,21-22,25-26H,12-13,20,23H2,1-5H3,(H,45,49)(H,46,48). The third kappa shape index (κ3) is 8.27. The van der Waals surface area contributed by atoms with Gasteiger partial charge in [0.15, 0.2) is 11.3 Å². The number of ether oxygens (including phenoxy) is 1. The van der Waals surface area contributed by atoms with Crippen molar-refractivity contribution in [2.45, 2.75) is 70.8 Å². The maximum atomic E-state index is 15.7. The van der Waals surface area contributed by atoms with Crippen LogP contribution in [-0.2, 0) is 4.43 Å². The summed E-state index contributed by atoms with van der Waals surface area (Å²) in [5.74, 6) is -2.64. The normalized spacial score (nSPS) is 15.7. The Morgan fingerprint density at radius 2 is 1.62 bits per heavy atom. The molecule has 14 heteroatoms. The van der Waals surface area contributed by atoms with Crippen LogP contribution in [0.3, 0.4) is 0 Å². The Morgan fingerprint density at radius 3 is 2.17 bits per heavy atom. The van der Waals surface area contributed by atoms with Crippen molar-refractivity contribution >= 4 is 53.6 Å². The third-order valence-electron chi connectivity index (χ3n) is 9.22. The second kappa shape index (κ2) is 15.6. The van der Waals surface area contributed by atoms with Gasteiger partial charge in [-0.3, -0.25) is 4.79 Å². The van der Waals surface area contributed by atoms with Gasteiger partial charge in [-0.25, -0.2) is 14.2 Å². The average molecular weight is 757 g/mol.